The van der Waals surface area contributed by atoms with Gasteiger partial charge in [-0.15, -0.1) is 0 Å². The molecule has 0 radical (unpaired) electrons. The van der Waals surface area contributed by atoms with Gasteiger partial charge in [-0.1, -0.05) is 51.7 Å². The number of hydrogen-bond acceptors (Lipinski definition) is 2. The molecule has 0 aromatic heterocycles. The molecule has 1 fully saturated rings. The molecule has 1 aromatic rings. The molecular formula is C19H27BrN2O2. The van der Waals surface area contributed by atoms with E-state index < -0.39 is 6.04 Å². The molecule has 24 heavy (non-hydrogen) atoms. The molecule has 1 saturated carbocycles. The first-order valence-electron chi connectivity index (χ1n) is 8.85. The molecule has 5 heteroatoms. The quantitative estimate of drug-likeness (QED) is 0.740. The van der Waals surface area contributed by atoms with Crippen LogP contribution in [0, 0.1) is 5.92 Å². The van der Waals surface area contributed by atoms with Crippen LogP contribution in [0.3, 0.4) is 0 Å². The van der Waals surface area contributed by atoms with E-state index in [4.69, 9.17) is 0 Å². The SMILES string of the molecule is CC(C)C(NC(=O)c1ccccc1Br)C(=O)NC1CCCCCC1. The van der Waals surface area contributed by atoms with Crippen molar-refractivity contribution in [1.82, 2.24) is 10.6 Å². The molecule has 1 aromatic carbocycles. The zero-order valence-electron chi connectivity index (χ0n) is 14.5. The van der Waals surface area contributed by atoms with Crippen LogP contribution in [-0.4, -0.2) is 23.9 Å². The lowest BCUT2D eigenvalue weighted by atomic mass is 10.0. The molecule has 0 heterocycles. The number of amides is 2. The van der Waals surface area contributed by atoms with E-state index in [1.807, 2.05) is 32.0 Å². The Labute approximate surface area is 152 Å². The minimum absolute atomic E-state index is 0.0298. The first kappa shape index (κ1) is 19.0. The molecule has 1 aliphatic rings. The Bertz CT molecular complexity index is 566. The van der Waals surface area contributed by atoms with Crippen molar-refractivity contribution in [2.24, 2.45) is 5.92 Å². The summed E-state index contributed by atoms with van der Waals surface area (Å²) in [7, 11) is 0. The Hall–Kier alpha value is -1.36. The number of nitrogens with one attached hydrogen (secondary N) is 2. The third kappa shape index (κ3) is 5.33. The van der Waals surface area contributed by atoms with Crippen molar-refractivity contribution in [1.29, 1.82) is 0 Å². The molecule has 1 atom stereocenters. The largest absolute Gasteiger partial charge is 0.352 e. The molecule has 1 unspecified atom stereocenters. The van der Waals surface area contributed by atoms with Gasteiger partial charge in [0, 0.05) is 10.5 Å². The topological polar surface area (TPSA) is 58.2 Å². The normalized spacial score (nSPS) is 17.2. The number of carbonyl (C=O) groups is 2. The summed E-state index contributed by atoms with van der Waals surface area (Å²) in [5, 5.41) is 6.04. The molecule has 0 spiro atoms. The van der Waals surface area contributed by atoms with E-state index in [1.165, 1.54) is 25.7 Å². The maximum Gasteiger partial charge on any atom is 0.253 e. The maximum atomic E-state index is 12.7. The third-order valence-electron chi connectivity index (χ3n) is 4.56. The molecule has 4 nitrogen and oxygen atoms in total. The van der Waals surface area contributed by atoms with Crippen molar-refractivity contribution >= 4 is 27.7 Å². The third-order valence-corrected chi connectivity index (χ3v) is 5.25. The average molecular weight is 395 g/mol. The van der Waals surface area contributed by atoms with Gasteiger partial charge in [-0.3, -0.25) is 9.59 Å². The highest BCUT2D eigenvalue weighted by molar-refractivity contribution is 9.10. The van der Waals surface area contributed by atoms with Gasteiger partial charge in [0.1, 0.15) is 6.04 Å². The first-order valence-corrected chi connectivity index (χ1v) is 9.64. The van der Waals surface area contributed by atoms with Gasteiger partial charge >= 0.3 is 0 Å². The van der Waals surface area contributed by atoms with Crippen LogP contribution in [0.2, 0.25) is 0 Å². The van der Waals surface area contributed by atoms with E-state index >= 15 is 0 Å². The number of halogens is 1. The highest BCUT2D eigenvalue weighted by Crippen LogP contribution is 2.19. The Balaban J connectivity index is 2.01. The highest BCUT2D eigenvalue weighted by atomic mass is 79.9. The fraction of sp³-hybridized carbons (Fsp3) is 0.579. The summed E-state index contributed by atoms with van der Waals surface area (Å²) in [4.78, 5) is 25.2. The smallest absolute Gasteiger partial charge is 0.253 e. The predicted molar refractivity (Wildman–Crippen MR) is 99.9 cm³/mol. The van der Waals surface area contributed by atoms with Crippen molar-refractivity contribution < 1.29 is 9.59 Å². The molecule has 2 N–H and O–H groups in total. The lowest BCUT2D eigenvalue weighted by Crippen LogP contribution is -2.52. The van der Waals surface area contributed by atoms with Crippen LogP contribution in [0.15, 0.2) is 28.7 Å². The second kappa shape index (κ2) is 9.21. The second-order valence-electron chi connectivity index (χ2n) is 6.87. The van der Waals surface area contributed by atoms with E-state index in [-0.39, 0.29) is 23.8 Å². The van der Waals surface area contributed by atoms with E-state index in [1.54, 1.807) is 6.07 Å². The number of rotatable bonds is 5. The Morgan fingerprint density at radius 3 is 2.29 bits per heavy atom. The summed E-state index contributed by atoms with van der Waals surface area (Å²) in [5.74, 6) is -0.267. The van der Waals surface area contributed by atoms with E-state index in [9.17, 15) is 9.59 Å². The van der Waals surface area contributed by atoms with Crippen LogP contribution >= 0.6 is 15.9 Å². The summed E-state index contributed by atoms with van der Waals surface area (Å²) in [6.07, 6.45) is 6.90. The fourth-order valence-electron chi connectivity index (χ4n) is 3.11. The fourth-order valence-corrected chi connectivity index (χ4v) is 3.58. The zero-order valence-corrected chi connectivity index (χ0v) is 16.1. The van der Waals surface area contributed by atoms with E-state index in [0.29, 0.717) is 5.56 Å². The van der Waals surface area contributed by atoms with Gasteiger partial charge in [0.15, 0.2) is 0 Å². The van der Waals surface area contributed by atoms with Crippen LogP contribution in [0.1, 0.15) is 62.7 Å². The first-order chi connectivity index (χ1) is 11.5. The Morgan fingerprint density at radius 2 is 1.71 bits per heavy atom. The molecule has 2 amide bonds. The monoisotopic (exact) mass is 394 g/mol. The second-order valence-corrected chi connectivity index (χ2v) is 7.73. The lowest BCUT2D eigenvalue weighted by molar-refractivity contribution is -0.124. The number of benzene rings is 1. The highest BCUT2D eigenvalue weighted by Gasteiger charge is 2.27. The van der Waals surface area contributed by atoms with Crippen molar-refractivity contribution in [3.63, 3.8) is 0 Å². The van der Waals surface area contributed by atoms with Gasteiger partial charge in [-0.25, -0.2) is 0 Å². The van der Waals surface area contributed by atoms with Gasteiger partial charge in [0.2, 0.25) is 5.91 Å². The molecule has 1 aliphatic carbocycles. The molecule has 2 rings (SSSR count). The molecule has 0 aliphatic heterocycles. The van der Waals surface area contributed by atoms with E-state index in [0.717, 1.165) is 17.3 Å². The molecule has 132 valence electrons. The standard InChI is InChI=1S/C19H27BrN2O2/c1-13(2)17(19(24)21-14-9-5-3-4-6-10-14)22-18(23)15-11-7-8-12-16(15)20/h7-8,11-14,17H,3-6,9-10H2,1-2H3,(H,21,24)(H,22,23). The molecular weight excluding hydrogens is 368 g/mol. The Kier molecular flexibility index (Phi) is 7.28. The van der Waals surface area contributed by atoms with Crippen LogP contribution in [0.25, 0.3) is 0 Å². The maximum absolute atomic E-state index is 12.7. The average Bonchev–Trinajstić information content (AvgIpc) is 2.81. The minimum atomic E-state index is -0.521. The van der Waals surface area contributed by atoms with E-state index in [2.05, 4.69) is 26.6 Å². The zero-order chi connectivity index (χ0) is 17.5. The van der Waals surface area contributed by atoms with Crippen LogP contribution in [-0.2, 0) is 4.79 Å². The van der Waals surface area contributed by atoms with Crippen LogP contribution in [0.4, 0.5) is 0 Å². The van der Waals surface area contributed by atoms with Crippen molar-refractivity contribution in [2.75, 3.05) is 0 Å². The molecule has 0 bridgehead atoms. The predicted octanol–water partition coefficient (Wildman–Crippen LogP) is 4.04. The summed E-state index contributed by atoms with van der Waals surface area (Å²) in [5.41, 5.74) is 0.547. The number of hydrogen-bond donors (Lipinski definition) is 2. The van der Waals surface area contributed by atoms with Crippen molar-refractivity contribution in [3.8, 4) is 0 Å². The Morgan fingerprint density at radius 1 is 1.08 bits per heavy atom. The van der Waals surface area contributed by atoms with Crippen LogP contribution < -0.4 is 10.6 Å². The van der Waals surface area contributed by atoms with Gasteiger partial charge in [0.25, 0.3) is 5.91 Å². The van der Waals surface area contributed by atoms with Gasteiger partial charge in [0.05, 0.1) is 5.56 Å². The van der Waals surface area contributed by atoms with Crippen LogP contribution in [0.5, 0.6) is 0 Å². The minimum Gasteiger partial charge on any atom is -0.352 e. The summed E-state index contributed by atoms with van der Waals surface area (Å²) in [6.45, 7) is 3.91. The van der Waals surface area contributed by atoms with Crippen molar-refractivity contribution in [3.05, 3.63) is 34.3 Å². The lowest BCUT2D eigenvalue weighted by Gasteiger charge is -2.25. The summed E-state index contributed by atoms with van der Waals surface area (Å²) < 4.78 is 0.731. The summed E-state index contributed by atoms with van der Waals surface area (Å²) >= 11 is 3.39. The van der Waals surface area contributed by atoms with Crippen molar-refractivity contribution in [2.45, 2.75) is 64.5 Å². The molecule has 0 saturated heterocycles. The van der Waals surface area contributed by atoms with Gasteiger partial charge in [-0.05, 0) is 46.8 Å². The number of carbonyl (C=O) groups excluding carboxylic acids is 2. The van der Waals surface area contributed by atoms with Gasteiger partial charge in [-0.2, -0.15) is 0 Å². The summed E-state index contributed by atoms with van der Waals surface area (Å²) in [6, 6.07) is 6.97. The van der Waals surface area contributed by atoms with Gasteiger partial charge < -0.3 is 10.6 Å².